The molecule has 8 heteroatoms. The van der Waals surface area contributed by atoms with E-state index in [4.69, 9.17) is 5.73 Å². The van der Waals surface area contributed by atoms with E-state index in [1.807, 2.05) is 0 Å². The molecular formula is C7H10N6O2. The van der Waals surface area contributed by atoms with Crippen LogP contribution in [0.25, 0.3) is 0 Å². The molecule has 1 unspecified atom stereocenters. The zero-order valence-electron chi connectivity index (χ0n) is 7.78. The first-order valence-corrected chi connectivity index (χ1v) is 4.43. The number of aromatic amines is 1. The quantitative estimate of drug-likeness (QED) is 0.445. The molecule has 1 aromatic heterocycles. The van der Waals surface area contributed by atoms with Gasteiger partial charge in [-0.1, -0.05) is 0 Å². The molecule has 1 saturated heterocycles. The van der Waals surface area contributed by atoms with E-state index in [1.54, 1.807) is 0 Å². The first kappa shape index (κ1) is 9.44. The van der Waals surface area contributed by atoms with Crippen LogP contribution in [0.2, 0.25) is 0 Å². The van der Waals surface area contributed by atoms with Crippen molar-refractivity contribution in [3.8, 4) is 0 Å². The molecule has 0 aliphatic carbocycles. The number of H-pyrrole nitrogens is 1. The van der Waals surface area contributed by atoms with Crippen molar-refractivity contribution in [2.75, 3.05) is 11.1 Å². The molecule has 80 valence electrons. The van der Waals surface area contributed by atoms with E-state index in [1.165, 1.54) is 0 Å². The summed E-state index contributed by atoms with van der Waals surface area (Å²) < 4.78 is 0. The van der Waals surface area contributed by atoms with Gasteiger partial charge in [-0.2, -0.15) is 4.98 Å². The average Bonchev–Trinajstić information content (AvgIpc) is 2.56. The number of piperidine rings is 1. The Morgan fingerprint density at radius 1 is 1.47 bits per heavy atom. The van der Waals surface area contributed by atoms with Crippen molar-refractivity contribution < 1.29 is 9.59 Å². The smallest absolute Gasteiger partial charge is 0.249 e. The van der Waals surface area contributed by atoms with Crippen LogP contribution in [-0.2, 0) is 9.59 Å². The SMILES string of the molecule is Nc1nc(NC2CCC(=O)NC2=O)n[nH]1. The van der Waals surface area contributed by atoms with Crippen LogP contribution in [-0.4, -0.2) is 33.0 Å². The lowest BCUT2D eigenvalue weighted by Gasteiger charge is -2.20. The van der Waals surface area contributed by atoms with Crippen molar-refractivity contribution >= 4 is 23.7 Å². The molecule has 2 rings (SSSR count). The number of carbonyl (C=O) groups excluding carboxylic acids is 2. The molecule has 1 aliphatic rings. The summed E-state index contributed by atoms with van der Waals surface area (Å²) in [6.45, 7) is 0. The molecule has 1 fully saturated rings. The summed E-state index contributed by atoms with van der Waals surface area (Å²) in [5.74, 6) is -0.200. The summed E-state index contributed by atoms with van der Waals surface area (Å²) in [5, 5.41) is 11.2. The summed E-state index contributed by atoms with van der Waals surface area (Å²) in [5.41, 5.74) is 5.32. The average molecular weight is 210 g/mol. The molecule has 0 spiro atoms. The fraction of sp³-hybridized carbons (Fsp3) is 0.429. The fourth-order valence-corrected chi connectivity index (χ4v) is 1.33. The second kappa shape index (κ2) is 3.56. The summed E-state index contributed by atoms with van der Waals surface area (Å²) >= 11 is 0. The third kappa shape index (κ3) is 2.03. The summed E-state index contributed by atoms with van der Waals surface area (Å²) in [4.78, 5) is 26.0. The van der Waals surface area contributed by atoms with Crippen molar-refractivity contribution in [1.82, 2.24) is 20.5 Å². The number of nitrogens with two attached hydrogens (primary N) is 1. The van der Waals surface area contributed by atoms with E-state index >= 15 is 0 Å². The van der Waals surface area contributed by atoms with Crippen LogP contribution in [0.1, 0.15) is 12.8 Å². The highest BCUT2D eigenvalue weighted by Gasteiger charge is 2.27. The maximum atomic E-state index is 11.3. The number of hydrogen-bond acceptors (Lipinski definition) is 6. The number of nitrogens with one attached hydrogen (secondary N) is 3. The molecule has 0 bridgehead atoms. The number of amides is 2. The minimum Gasteiger partial charge on any atom is -0.368 e. The Morgan fingerprint density at radius 2 is 2.27 bits per heavy atom. The van der Waals surface area contributed by atoms with Gasteiger partial charge in [0.2, 0.25) is 23.7 Å². The lowest BCUT2D eigenvalue weighted by atomic mass is 10.1. The molecule has 15 heavy (non-hydrogen) atoms. The first-order chi connectivity index (χ1) is 7.15. The van der Waals surface area contributed by atoms with Crippen LogP contribution in [0, 0.1) is 0 Å². The van der Waals surface area contributed by atoms with Crippen LogP contribution >= 0.6 is 0 Å². The van der Waals surface area contributed by atoms with Gasteiger partial charge in [0.05, 0.1) is 0 Å². The van der Waals surface area contributed by atoms with Crippen molar-refractivity contribution in [3.05, 3.63) is 0 Å². The van der Waals surface area contributed by atoms with Gasteiger partial charge in [-0.15, -0.1) is 5.10 Å². The Kier molecular flexibility index (Phi) is 2.24. The van der Waals surface area contributed by atoms with E-state index in [-0.39, 0.29) is 23.7 Å². The molecule has 1 atom stereocenters. The molecule has 0 saturated carbocycles. The van der Waals surface area contributed by atoms with Gasteiger partial charge in [0.1, 0.15) is 6.04 Å². The van der Waals surface area contributed by atoms with Crippen LogP contribution < -0.4 is 16.4 Å². The maximum absolute atomic E-state index is 11.3. The number of carbonyl (C=O) groups is 2. The van der Waals surface area contributed by atoms with Crippen molar-refractivity contribution in [2.45, 2.75) is 18.9 Å². The molecule has 2 amide bonds. The third-order valence-electron chi connectivity index (χ3n) is 2.05. The largest absolute Gasteiger partial charge is 0.368 e. The van der Waals surface area contributed by atoms with Gasteiger partial charge in [-0.25, -0.2) is 5.10 Å². The van der Waals surface area contributed by atoms with E-state index in [2.05, 4.69) is 25.8 Å². The van der Waals surface area contributed by atoms with Gasteiger partial charge in [0.15, 0.2) is 0 Å². The van der Waals surface area contributed by atoms with E-state index in [0.717, 1.165) is 0 Å². The van der Waals surface area contributed by atoms with E-state index < -0.39 is 6.04 Å². The number of nitrogens with zero attached hydrogens (tertiary/aromatic N) is 2. The minimum absolute atomic E-state index is 0.171. The van der Waals surface area contributed by atoms with Gasteiger partial charge < -0.3 is 11.1 Å². The zero-order chi connectivity index (χ0) is 10.8. The summed E-state index contributed by atoms with van der Waals surface area (Å²) in [7, 11) is 0. The van der Waals surface area contributed by atoms with E-state index in [0.29, 0.717) is 12.8 Å². The lowest BCUT2D eigenvalue weighted by molar-refractivity contribution is -0.133. The first-order valence-electron chi connectivity index (χ1n) is 4.43. The van der Waals surface area contributed by atoms with Gasteiger partial charge in [-0.3, -0.25) is 14.9 Å². The molecule has 1 aromatic rings. The lowest BCUT2D eigenvalue weighted by Crippen LogP contribution is -2.47. The molecule has 5 N–H and O–H groups in total. The summed E-state index contributed by atoms with van der Waals surface area (Å²) in [6.07, 6.45) is 0.739. The standard InChI is InChI=1S/C7H10N6O2/c8-6-11-7(13-12-6)9-3-1-2-4(14)10-5(3)15/h3H,1-2H2,(H,10,14,15)(H4,8,9,11,12,13). The monoisotopic (exact) mass is 210 g/mol. The zero-order valence-corrected chi connectivity index (χ0v) is 7.78. The number of rotatable bonds is 2. The van der Waals surface area contributed by atoms with Crippen molar-refractivity contribution in [3.63, 3.8) is 0 Å². The Labute approximate surface area is 84.6 Å². The maximum Gasteiger partial charge on any atom is 0.249 e. The fourth-order valence-electron chi connectivity index (χ4n) is 1.33. The van der Waals surface area contributed by atoms with Crippen molar-refractivity contribution in [1.29, 1.82) is 0 Å². The second-order valence-electron chi connectivity index (χ2n) is 3.19. The second-order valence-corrected chi connectivity index (χ2v) is 3.19. The van der Waals surface area contributed by atoms with Gasteiger partial charge >= 0.3 is 0 Å². The molecular weight excluding hydrogens is 200 g/mol. The van der Waals surface area contributed by atoms with Crippen LogP contribution in [0.3, 0.4) is 0 Å². The number of nitrogen functional groups attached to an aromatic ring is 1. The normalized spacial score (nSPS) is 21.2. The predicted molar refractivity (Wildman–Crippen MR) is 50.6 cm³/mol. The Hall–Kier alpha value is -2.12. The van der Waals surface area contributed by atoms with Gasteiger partial charge in [0, 0.05) is 6.42 Å². The highest BCUT2D eigenvalue weighted by atomic mass is 16.2. The highest BCUT2D eigenvalue weighted by molar-refractivity contribution is 6.01. The van der Waals surface area contributed by atoms with Crippen LogP contribution in [0.15, 0.2) is 0 Å². The van der Waals surface area contributed by atoms with Gasteiger partial charge in [-0.05, 0) is 6.42 Å². The molecule has 2 heterocycles. The number of imide groups is 1. The minimum atomic E-state index is -0.488. The van der Waals surface area contributed by atoms with Gasteiger partial charge in [0.25, 0.3) is 0 Å². The summed E-state index contributed by atoms with van der Waals surface area (Å²) in [6, 6.07) is -0.488. The Bertz CT molecular complexity index is 400. The highest BCUT2D eigenvalue weighted by Crippen LogP contribution is 2.09. The number of aromatic nitrogens is 3. The Morgan fingerprint density at radius 3 is 2.87 bits per heavy atom. The predicted octanol–water partition coefficient (Wildman–Crippen LogP) is -1.40. The van der Waals surface area contributed by atoms with Crippen LogP contribution in [0.5, 0.6) is 0 Å². The van der Waals surface area contributed by atoms with E-state index in [9.17, 15) is 9.59 Å². The molecule has 0 aromatic carbocycles. The number of anilines is 2. The molecule has 0 radical (unpaired) electrons. The number of hydrogen-bond donors (Lipinski definition) is 4. The Balaban J connectivity index is 2.00. The third-order valence-corrected chi connectivity index (χ3v) is 2.05. The molecule has 1 aliphatic heterocycles. The topological polar surface area (TPSA) is 126 Å². The van der Waals surface area contributed by atoms with Crippen LogP contribution in [0.4, 0.5) is 11.9 Å². The molecule has 8 nitrogen and oxygen atoms in total. The van der Waals surface area contributed by atoms with Crippen molar-refractivity contribution in [2.24, 2.45) is 0 Å².